The highest BCUT2D eigenvalue weighted by Gasteiger charge is 2.07. The van der Waals surface area contributed by atoms with Gasteiger partial charge in [0.15, 0.2) is 0 Å². The maximum absolute atomic E-state index is 12.7. The van der Waals surface area contributed by atoms with Crippen LogP contribution in [0.4, 0.5) is 4.39 Å². The highest BCUT2D eigenvalue weighted by Crippen LogP contribution is 2.08. The van der Waals surface area contributed by atoms with E-state index in [0.29, 0.717) is 12.1 Å². The minimum atomic E-state index is -0.475. The second-order valence-electron chi connectivity index (χ2n) is 3.22. The second-order valence-corrected chi connectivity index (χ2v) is 3.22. The Morgan fingerprint density at radius 2 is 2.12 bits per heavy atom. The topological polar surface area (TPSA) is 52.9 Å². The molecule has 0 aliphatic rings. The quantitative estimate of drug-likeness (QED) is 0.489. The van der Waals surface area contributed by atoms with E-state index in [4.69, 9.17) is 5.26 Å². The maximum atomic E-state index is 12.7. The van der Waals surface area contributed by atoms with Crippen molar-refractivity contribution in [2.24, 2.45) is 0 Å². The summed E-state index contributed by atoms with van der Waals surface area (Å²) in [4.78, 5) is 11.5. The van der Waals surface area contributed by atoms with Gasteiger partial charge < -0.3 is 5.32 Å². The van der Waals surface area contributed by atoms with Crippen molar-refractivity contribution >= 4 is 12.0 Å². The van der Waals surface area contributed by atoms with E-state index in [9.17, 15) is 9.18 Å². The van der Waals surface area contributed by atoms with Gasteiger partial charge in [0.05, 0.1) is 0 Å². The van der Waals surface area contributed by atoms with Gasteiger partial charge in [0.1, 0.15) is 17.5 Å². The van der Waals surface area contributed by atoms with Gasteiger partial charge in [-0.15, -0.1) is 6.58 Å². The van der Waals surface area contributed by atoms with Gasteiger partial charge in [-0.3, -0.25) is 4.79 Å². The molecular weight excluding hydrogens is 219 g/mol. The summed E-state index contributed by atoms with van der Waals surface area (Å²) in [6.45, 7) is 3.75. The van der Waals surface area contributed by atoms with Crippen molar-refractivity contribution in [2.75, 3.05) is 6.54 Å². The molecule has 0 aromatic heterocycles. The number of rotatable bonds is 4. The Balaban J connectivity index is 2.87. The van der Waals surface area contributed by atoms with Crippen LogP contribution in [0.25, 0.3) is 6.08 Å². The first-order chi connectivity index (χ1) is 8.17. The molecule has 17 heavy (non-hydrogen) atoms. The van der Waals surface area contributed by atoms with Gasteiger partial charge in [0, 0.05) is 6.54 Å². The molecule has 0 saturated heterocycles. The lowest BCUT2D eigenvalue weighted by atomic mass is 10.1. The molecule has 1 aromatic carbocycles. The molecule has 0 heterocycles. The van der Waals surface area contributed by atoms with Crippen molar-refractivity contribution in [3.63, 3.8) is 0 Å². The molecule has 0 aliphatic heterocycles. The normalized spacial score (nSPS) is 10.5. The summed E-state index contributed by atoms with van der Waals surface area (Å²) >= 11 is 0. The highest BCUT2D eigenvalue weighted by molar-refractivity contribution is 6.01. The molecule has 0 bridgehead atoms. The first kappa shape index (κ1) is 12.7. The summed E-state index contributed by atoms with van der Waals surface area (Å²) in [5, 5.41) is 11.3. The fourth-order valence-corrected chi connectivity index (χ4v) is 1.13. The summed E-state index contributed by atoms with van der Waals surface area (Å²) in [5.41, 5.74) is 0.565. The van der Waals surface area contributed by atoms with Crippen LogP contribution in [-0.4, -0.2) is 12.5 Å². The third-order valence-corrected chi connectivity index (χ3v) is 1.95. The van der Waals surface area contributed by atoms with Crippen LogP contribution < -0.4 is 5.32 Å². The predicted octanol–water partition coefficient (Wildman–Crippen LogP) is 2.03. The van der Waals surface area contributed by atoms with E-state index in [1.807, 2.05) is 0 Å². The van der Waals surface area contributed by atoms with E-state index in [-0.39, 0.29) is 11.4 Å². The molecule has 0 radical (unpaired) electrons. The fourth-order valence-electron chi connectivity index (χ4n) is 1.13. The summed E-state index contributed by atoms with van der Waals surface area (Å²) in [6.07, 6.45) is 2.92. The van der Waals surface area contributed by atoms with Gasteiger partial charge >= 0.3 is 0 Å². The van der Waals surface area contributed by atoms with Crippen LogP contribution in [0, 0.1) is 17.1 Å². The number of nitrogens with zero attached hydrogens (tertiary/aromatic N) is 1. The van der Waals surface area contributed by atoms with E-state index < -0.39 is 5.91 Å². The molecule has 0 aliphatic carbocycles. The van der Waals surface area contributed by atoms with Gasteiger partial charge in [-0.25, -0.2) is 4.39 Å². The van der Waals surface area contributed by atoms with E-state index in [2.05, 4.69) is 11.9 Å². The maximum Gasteiger partial charge on any atom is 0.262 e. The summed E-state index contributed by atoms with van der Waals surface area (Å²) in [6, 6.07) is 7.31. The SMILES string of the molecule is C=CCNC(=O)/C(C#N)=C\c1ccc(F)cc1. The number of halogens is 1. The molecule has 0 spiro atoms. The zero-order valence-corrected chi connectivity index (χ0v) is 9.11. The number of nitriles is 1. The summed E-state index contributed by atoms with van der Waals surface area (Å²) < 4.78 is 12.7. The van der Waals surface area contributed by atoms with Crippen LogP contribution >= 0.6 is 0 Å². The molecule has 1 aromatic rings. The van der Waals surface area contributed by atoms with Crippen LogP contribution in [0.2, 0.25) is 0 Å². The highest BCUT2D eigenvalue weighted by atomic mass is 19.1. The van der Waals surface area contributed by atoms with E-state index in [0.717, 1.165) is 0 Å². The standard InChI is InChI=1S/C13H11FN2O/c1-2-7-16-13(17)11(9-15)8-10-3-5-12(14)6-4-10/h2-6,8H,1,7H2,(H,16,17)/b11-8-. The number of carbonyl (C=O) groups excluding carboxylic acids is 1. The Labute approximate surface area is 98.9 Å². The average molecular weight is 230 g/mol. The van der Waals surface area contributed by atoms with Gasteiger partial charge in [0.2, 0.25) is 0 Å². The molecule has 0 unspecified atom stereocenters. The number of benzene rings is 1. The molecule has 0 fully saturated rings. The third-order valence-electron chi connectivity index (χ3n) is 1.95. The van der Waals surface area contributed by atoms with Crippen LogP contribution in [-0.2, 0) is 4.79 Å². The third kappa shape index (κ3) is 3.92. The Bertz CT molecular complexity index is 483. The second kappa shape index (κ2) is 6.23. The van der Waals surface area contributed by atoms with Crippen molar-refractivity contribution in [2.45, 2.75) is 0 Å². The first-order valence-electron chi connectivity index (χ1n) is 4.94. The lowest BCUT2D eigenvalue weighted by molar-refractivity contribution is -0.116. The molecule has 4 heteroatoms. The number of amides is 1. The van der Waals surface area contributed by atoms with Gasteiger partial charge in [-0.05, 0) is 23.8 Å². The van der Waals surface area contributed by atoms with Gasteiger partial charge in [-0.1, -0.05) is 18.2 Å². The minimum Gasteiger partial charge on any atom is -0.348 e. The number of hydrogen-bond acceptors (Lipinski definition) is 2. The van der Waals surface area contributed by atoms with Crippen molar-refractivity contribution in [3.8, 4) is 6.07 Å². The Morgan fingerprint density at radius 3 is 2.65 bits per heavy atom. The fraction of sp³-hybridized carbons (Fsp3) is 0.0769. The monoisotopic (exact) mass is 230 g/mol. The molecular formula is C13H11FN2O. The molecule has 1 N–H and O–H groups in total. The van der Waals surface area contributed by atoms with Crippen molar-refractivity contribution in [1.29, 1.82) is 5.26 Å². The lowest BCUT2D eigenvalue weighted by Gasteiger charge is -2.00. The van der Waals surface area contributed by atoms with E-state index >= 15 is 0 Å². The smallest absolute Gasteiger partial charge is 0.262 e. The Morgan fingerprint density at radius 1 is 1.47 bits per heavy atom. The largest absolute Gasteiger partial charge is 0.348 e. The predicted molar refractivity (Wildman–Crippen MR) is 63.2 cm³/mol. The lowest BCUT2D eigenvalue weighted by Crippen LogP contribution is -2.24. The zero-order valence-electron chi connectivity index (χ0n) is 9.11. The molecule has 3 nitrogen and oxygen atoms in total. The first-order valence-corrected chi connectivity index (χ1v) is 4.94. The molecule has 1 amide bonds. The van der Waals surface area contributed by atoms with Gasteiger partial charge in [0.25, 0.3) is 5.91 Å². The van der Waals surface area contributed by atoms with Gasteiger partial charge in [-0.2, -0.15) is 5.26 Å². The minimum absolute atomic E-state index is 0.0292. The molecule has 0 atom stereocenters. The van der Waals surface area contributed by atoms with Crippen LogP contribution in [0.3, 0.4) is 0 Å². The Hall–Kier alpha value is -2.41. The Kier molecular flexibility index (Phi) is 4.64. The van der Waals surface area contributed by atoms with E-state index in [1.165, 1.54) is 36.4 Å². The molecule has 0 saturated carbocycles. The number of carbonyl (C=O) groups is 1. The molecule has 86 valence electrons. The van der Waals surface area contributed by atoms with Crippen molar-refractivity contribution < 1.29 is 9.18 Å². The summed E-state index contributed by atoms with van der Waals surface area (Å²) in [5.74, 6) is -0.839. The van der Waals surface area contributed by atoms with Crippen LogP contribution in [0.5, 0.6) is 0 Å². The van der Waals surface area contributed by atoms with E-state index in [1.54, 1.807) is 6.07 Å². The van der Waals surface area contributed by atoms with Crippen LogP contribution in [0.1, 0.15) is 5.56 Å². The van der Waals surface area contributed by atoms with Crippen LogP contribution in [0.15, 0.2) is 42.5 Å². The van der Waals surface area contributed by atoms with Crippen molar-refractivity contribution in [1.82, 2.24) is 5.32 Å². The zero-order chi connectivity index (χ0) is 12.7. The number of nitrogens with one attached hydrogen (secondary N) is 1. The van der Waals surface area contributed by atoms with Crippen molar-refractivity contribution in [3.05, 3.63) is 53.9 Å². The number of hydrogen-bond donors (Lipinski definition) is 1. The average Bonchev–Trinajstić information content (AvgIpc) is 2.35. The summed E-state index contributed by atoms with van der Waals surface area (Å²) in [7, 11) is 0. The molecule has 1 rings (SSSR count).